The maximum atomic E-state index is 13.6. The number of thioether (sulfide) groups is 1. The van der Waals surface area contributed by atoms with Crippen molar-refractivity contribution in [3.05, 3.63) is 54.2 Å². The number of nitrogens with two attached hydrogens (primary N) is 2. The van der Waals surface area contributed by atoms with Crippen LogP contribution in [0.1, 0.15) is 30.5 Å². The fourth-order valence-electron chi connectivity index (χ4n) is 4.33. The largest absolute Gasteiger partial charge is 0.480 e. The van der Waals surface area contributed by atoms with Gasteiger partial charge in [0.1, 0.15) is 18.1 Å². The van der Waals surface area contributed by atoms with Crippen molar-refractivity contribution in [1.29, 1.82) is 0 Å². The molecule has 0 radical (unpaired) electrons. The fraction of sp³-hybridized carbons (Fsp3) is 0.407. The van der Waals surface area contributed by atoms with Gasteiger partial charge in [-0.2, -0.15) is 11.8 Å². The van der Waals surface area contributed by atoms with Crippen molar-refractivity contribution in [1.82, 2.24) is 30.9 Å². The van der Waals surface area contributed by atoms with Gasteiger partial charge in [-0.1, -0.05) is 18.2 Å². The van der Waals surface area contributed by atoms with Crippen LogP contribution in [0.25, 0.3) is 10.9 Å². The van der Waals surface area contributed by atoms with Crippen LogP contribution in [-0.4, -0.2) is 85.8 Å². The molecule has 4 atom stereocenters. The Bertz CT molecular complexity index is 1380. The SMILES string of the molecule is CSCCC(NC(=O)C(Cc1c[nH]c2ccccc12)NC(=O)C(N)Cc1cnc[nH]1)C(=O)NC(CCC(N)=O)C(=O)O. The number of nitrogens with one attached hydrogen (secondary N) is 5. The first-order chi connectivity index (χ1) is 20.1. The number of rotatable bonds is 17. The van der Waals surface area contributed by atoms with E-state index in [1.165, 1.54) is 18.1 Å². The summed E-state index contributed by atoms with van der Waals surface area (Å²) >= 11 is 1.44. The molecule has 4 amide bonds. The molecular formula is C27H36N8O6S. The van der Waals surface area contributed by atoms with Crippen LogP contribution in [-0.2, 0) is 36.8 Å². The van der Waals surface area contributed by atoms with E-state index in [0.717, 1.165) is 16.5 Å². The molecule has 0 aliphatic rings. The second-order valence-electron chi connectivity index (χ2n) is 9.76. The van der Waals surface area contributed by atoms with Crippen LogP contribution < -0.4 is 27.4 Å². The van der Waals surface area contributed by atoms with Crippen LogP contribution in [0, 0.1) is 0 Å². The van der Waals surface area contributed by atoms with E-state index in [0.29, 0.717) is 11.4 Å². The normalized spacial score (nSPS) is 14.0. The van der Waals surface area contributed by atoms with Crippen molar-refractivity contribution in [3.8, 4) is 0 Å². The van der Waals surface area contributed by atoms with Crippen molar-refractivity contribution >= 4 is 52.3 Å². The maximum absolute atomic E-state index is 13.6. The van der Waals surface area contributed by atoms with Gasteiger partial charge in [-0.25, -0.2) is 9.78 Å². The van der Waals surface area contributed by atoms with Gasteiger partial charge in [0.05, 0.1) is 12.4 Å². The molecule has 1 aromatic carbocycles. The minimum absolute atomic E-state index is 0.0889. The second kappa shape index (κ2) is 15.6. The van der Waals surface area contributed by atoms with Crippen LogP contribution in [0.3, 0.4) is 0 Å². The third-order valence-electron chi connectivity index (χ3n) is 6.60. The van der Waals surface area contributed by atoms with Crippen molar-refractivity contribution in [2.45, 2.75) is 56.3 Å². The van der Waals surface area contributed by atoms with Crippen molar-refractivity contribution in [2.75, 3.05) is 12.0 Å². The number of para-hydroxylation sites is 1. The quantitative estimate of drug-likeness (QED) is 0.100. The number of hydrogen-bond donors (Lipinski definition) is 8. The number of aromatic amines is 2. The fourth-order valence-corrected chi connectivity index (χ4v) is 4.80. The molecule has 42 heavy (non-hydrogen) atoms. The predicted octanol–water partition coefficient (Wildman–Crippen LogP) is -0.439. The Kier molecular flexibility index (Phi) is 11.9. The molecule has 0 saturated carbocycles. The van der Waals surface area contributed by atoms with Crippen LogP contribution in [0.15, 0.2) is 43.0 Å². The predicted molar refractivity (Wildman–Crippen MR) is 157 cm³/mol. The molecule has 14 nitrogen and oxygen atoms in total. The van der Waals surface area contributed by atoms with Gasteiger partial charge in [0, 0.05) is 48.3 Å². The number of carbonyl (C=O) groups is 5. The highest BCUT2D eigenvalue weighted by Crippen LogP contribution is 2.19. The van der Waals surface area contributed by atoms with Gasteiger partial charge in [0.15, 0.2) is 0 Å². The highest BCUT2D eigenvalue weighted by Gasteiger charge is 2.31. The molecule has 15 heteroatoms. The molecule has 0 fully saturated rings. The van der Waals surface area contributed by atoms with Gasteiger partial charge in [-0.3, -0.25) is 19.2 Å². The number of primary amides is 1. The van der Waals surface area contributed by atoms with Gasteiger partial charge in [0.25, 0.3) is 0 Å². The summed E-state index contributed by atoms with van der Waals surface area (Å²) in [7, 11) is 0. The minimum Gasteiger partial charge on any atom is -0.480 e. The lowest BCUT2D eigenvalue weighted by Crippen LogP contribution is -2.58. The molecule has 0 spiro atoms. The Labute approximate surface area is 246 Å². The molecule has 226 valence electrons. The maximum Gasteiger partial charge on any atom is 0.326 e. The first-order valence-electron chi connectivity index (χ1n) is 13.3. The van der Waals surface area contributed by atoms with Crippen LogP contribution in [0.2, 0.25) is 0 Å². The van der Waals surface area contributed by atoms with E-state index >= 15 is 0 Å². The number of fused-ring (bicyclic) bond motifs is 1. The number of carboxylic acids is 1. The topological polar surface area (TPSA) is 238 Å². The zero-order chi connectivity index (χ0) is 30.6. The molecule has 10 N–H and O–H groups in total. The molecule has 3 aromatic rings. The summed E-state index contributed by atoms with van der Waals surface area (Å²) < 4.78 is 0. The van der Waals surface area contributed by atoms with E-state index in [1.54, 1.807) is 12.4 Å². The lowest BCUT2D eigenvalue weighted by molar-refractivity contribution is -0.142. The Hall–Kier alpha value is -4.37. The summed E-state index contributed by atoms with van der Waals surface area (Å²) in [6.45, 7) is 0. The summed E-state index contributed by atoms with van der Waals surface area (Å²) in [5, 5.41) is 18.2. The summed E-state index contributed by atoms with van der Waals surface area (Å²) in [6.07, 6.45) is 6.58. The van der Waals surface area contributed by atoms with Gasteiger partial charge >= 0.3 is 5.97 Å². The molecule has 4 unspecified atom stereocenters. The number of carbonyl (C=O) groups excluding carboxylic acids is 4. The molecule has 0 saturated heterocycles. The third-order valence-corrected chi connectivity index (χ3v) is 7.24. The number of aromatic nitrogens is 3. The molecule has 0 aliphatic carbocycles. The molecule has 0 bridgehead atoms. The average molecular weight is 601 g/mol. The monoisotopic (exact) mass is 600 g/mol. The molecule has 2 heterocycles. The summed E-state index contributed by atoms with van der Waals surface area (Å²) in [6, 6.07) is 2.91. The number of hydrogen-bond acceptors (Lipinski definition) is 8. The lowest BCUT2D eigenvalue weighted by atomic mass is 10.0. The van der Waals surface area contributed by atoms with E-state index in [1.807, 2.05) is 30.5 Å². The van der Waals surface area contributed by atoms with Crippen LogP contribution in [0.5, 0.6) is 0 Å². The Morgan fingerprint density at radius 2 is 1.64 bits per heavy atom. The Morgan fingerprint density at radius 1 is 0.952 bits per heavy atom. The summed E-state index contributed by atoms with van der Waals surface area (Å²) in [5.74, 6) is -3.52. The molecular weight excluding hydrogens is 564 g/mol. The number of aliphatic carboxylic acids is 1. The number of benzene rings is 1. The van der Waals surface area contributed by atoms with Crippen LogP contribution in [0.4, 0.5) is 0 Å². The molecule has 2 aromatic heterocycles. The second-order valence-corrected chi connectivity index (χ2v) is 10.7. The van der Waals surface area contributed by atoms with Gasteiger partial charge < -0.3 is 42.5 Å². The Morgan fingerprint density at radius 3 is 2.31 bits per heavy atom. The number of imidazole rings is 1. The summed E-state index contributed by atoms with van der Waals surface area (Å²) in [4.78, 5) is 72.6. The zero-order valence-electron chi connectivity index (χ0n) is 23.1. The van der Waals surface area contributed by atoms with Crippen molar-refractivity contribution in [3.63, 3.8) is 0 Å². The van der Waals surface area contributed by atoms with Gasteiger partial charge in [-0.05, 0) is 36.5 Å². The zero-order valence-corrected chi connectivity index (χ0v) is 23.9. The van der Waals surface area contributed by atoms with E-state index in [9.17, 15) is 29.1 Å². The molecule has 3 rings (SSSR count). The highest BCUT2D eigenvalue weighted by atomic mass is 32.2. The minimum atomic E-state index is -1.37. The molecule has 0 aliphatic heterocycles. The number of H-pyrrole nitrogens is 2. The number of amides is 4. The number of carboxylic acid groups (broad SMARTS) is 1. The van der Waals surface area contributed by atoms with Crippen LogP contribution >= 0.6 is 11.8 Å². The van der Waals surface area contributed by atoms with Gasteiger partial charge in [-0.15, -0.1) is 0 Å². The standard InChI is InChI=1S/C27H36N8O6S/c1-42-9-8-20(25(38)34-21(27(40)41)6-7-23(29)36)33-26(39)22(10-15-12-31-19-5-3-2-4-17(15)19)35-24(37)18(28)11-16-13-30-14-32-16/h2-5,12-14,18,20-22,31H,6-11,28H2,1H3,(H2,29,36)(H,30,32)(H,33,39)(H,34,38)(H,35,37)(H,40,41). The average Bonchev–Trinajstić information content (AvgIpc) is 3.62. The van der Waals surface area contributed by atoms with E-state index in [-0.39, 0.29) is 32.1 Å². The highest BCUT2D eigenvalue weighted by molar-refractivity contribution is 7.98. The smallest absolute Gasteiger partial charge is 0.326 e. The van der Waals surface area contributed by atoms with Gasteiger partial charge in [0.2, 0.25) is 23.6 Å². The van der Waals surface area contributed by atoms with Crippen molar-refractivity contribution in [2.24, 2.45) is 11.5 Å². The third kappa shape index (κ3) is 9.34. The van der Waals surface area contributed by atoms with Crippen molar-refractivity contribution < 1.29 is 29.1 Å². The Balaban J connectivity index is 1.80. The first-order valence-corrected chi connectivity index (χ1v) is 14.7. The van der Waals surface area contributed by atoms with E-state index < -0.39 is 53.8 Å². The first kappa shape index (κ1) is 32.1. The lowest BCUT2D eigenvalue weighted by Gasteiger charge is -2.25. The van der Waals surface area contributed by atoms with E-state index in [2.05, 4.69) is 30.9 Å². The van der Waals surface area contributed by atoms with E-state index in [4.69, 9.17) is 11.5 Å². The number of nitrogens with zero attached hydrogens (tertiary/aromatic N) is 1. The summed E-state index contributed by atoms with van der Waals surface area (Å²) in [5.41, 5.74) is 13.5.